The number of aryl methyl sites for hydroxylation is 1. The van der Waals surface area contributed by atoms with E-state index in [1.165, 1.54) is 17.4 Å². The first-order valence-electron chi connectivity index (χ1n) is 11.4. The molecule has 3 aromatic rings. The van der Waals surface area contributed by atoms with Crippen LogP contribution in [0.15, 0.2) is 47.4 Å². The molecule has 1 aromatic carbocycles. The summed E-state index contributed by atoms with van der Waals surface area (Å²) in [6, 6.07) is 11.2. The normalized spacial score (nSPS) is 26.4. The second kappa shape index (κ2) is 7.66. The minimum absolute atomic E-state index is 0.0705. The Morgan fingerprint density at radius 2 is 1.79 bits per heavy atom. The van der Waals surface area contributed by atoms with E-state index >= 15 is 0 Å². The Bertz CT molecular complexity index is 1240. The molecule has 0 unspecified atom stereocenters. The molecular weight excluding hydrogens is 416 g/mol. The molecule has 33 heavy (non-hydrogen) atoms. The maximum absolute atomic E-state index is 11.8. The van der Waals surface area contributed by atoms with Gasteiger partial charge in [-0.05, 0) is 69.9 Å². The van der Waals surface area contributed by atoms with Gasteiger partial charge in [-0.3, -0.25) is 0 Å². The third-order valence-electron chi connectivity index (χ3n) is 7.31. The lowest BCUT2D eigenvalue weighted by Crippen LogP contribution is -2.58. The van der Waals surface area contributed by atoms with Crippen LogP contribution in [0.4, 0.5) is 5.82 Å². The number of hydrogen-bond acceptors (Lipinski definition) is 7. The highest BCUT2D eigenvalue weighted by atomic mass is 16.3. The van der Waals surface area contributed by atoms with Crippen molar-refractivity contribution in [3.8, 4) is 28.3 Å². The molecule has 8 nitrogen and oxygen atoms in total. The molecule has 5 rings (SSSR count). The maximum atomic E-state index is 11.8. The van der Waals surface area contributed by atoms with E-state index in [0.29, 0.717) is 28.6 Å². The number of hydrogen-bond donors (Lipinski definition) is 2. The molecule has 4 heterocycles. The van der Waals surface area contributed by atoms with Gasteiger partial charge in [-0.25, -0.2) is 4.79 Å². The van der Waals surface area contributed by atoms with Gasteiger partial charge in [0.05, 0.1) is 11.4 Å². The van der Waals surface area contributed by atoms with Crippen molar-refractivity contribution >= 4 is 5.82 Å². The van der Waals surface area contributed by atoms with E-state index in [-0.39, 0.29) is 22.5 Å². The topological polar surface area (TPSA) is 96.2 Å². The molecule has 0 aliphatic carbocycles. The van der Waals surface area contributed by atoms with Crippen LogP contribution >= 0.6 is 0 Å². The first-order chi connectivity index (χ1) is 15.6. The molecule has 0 spiro atoms. The molecule has 2 aromatic heterocycles. The summed E-state index contributed by atoms with van der Waals surface area (Å²) in [5.74, 6) is 0.902. The third kappa shape index (κ3) is 3.99. The zero-order chi connectivity index (χ0) is 23.4. The van der Waals surface area contributed by atoms with Crippen LogP contribution < -0.4 is 15.9 Å². The highest BCUT2D eigenvalue weighted by Gasteiger charge is 2.49. The Labute approximate surface area is 193 Å². The SMILES string of the molecule is CN(c1ccc(-c2ccc(-c3ccn(C)c(=O)n3)cc2O)nn1)[C@H]1C[C@]2(C)CC[C@](C)(C1)N2. The van der Waals surface area contributed by atoms with Gasteiger partial charge in [0, 0.05) is 48.5 Å². The van der Waals surface area contributed by atoms with Gasteiger partial charge in [0.1, 0.15) is 5.75 Å². The average molecular weight is 447 g/mol. The quantitative estimate of drug-likeness (QED) is 0.636. The molecule has 0 saturated carbocycles. The number of nitrogens with one attached hydrogen (secondary N) is 1. The van der Waals surface area contributed by atoms with E-state index in [4.69, 9.17) is 0 Å². The molecule has 2 saturated heterocycles. The summed E-state index contributed by atoms with van der Waals surface area (Å²) >= 11 is 0. The molecular formula is C25H30N6O2. The number of aromatic hydroxyl groups is 1. The van der Waals surface area contributed by atoms with E-state index < -0.39 is 0 Å². The summed E-state index contributed by atoms with van der Waals surface area (Å²) in [6.07, 6.45) is 6.25. The number of benzene rings is 1. The van der Waals surface area contributed by atoms with Gasteiger partial charge in [-0.2, -0.15) is 4.98 Å². The zero-order valence-corrected chi connectivity index (χ0v) is 19.5. The number of fused-ring (bicyclic) bond motifs is 2. The standard InChI is InChI=1S/C25H30N6O2/c1-24-10-11-25(2,29-24)15-17(14-24)31(4)22-8-7-20(27-28-22)18-6-5-16(13-21(18)32)19-9-12-30(3)23(33)26-19/h5-9,12-13,17,29,32H,10-11,14-15H2,1-4H3/t17-,24-,25+. The number of anilines is 1. The van der Waals surface area contributed by atoms with Crippen LogP contribution in [0.2, 0.25) is 0 Å². The van der Waals surface area contributed by atoms with E-state index in [2.05, 4.69) is 46.3 Å². The average Bonchev–Trinajstić information content (AvgIpc) is 3.01. The molecule has 3 atom stereocenters. The lowest BCUT2D eigenvalue weighted by atomic mass is 9.84. The molecule has 2 fully saturated rings. The Balaban J connectivity index is 1.36. The molecule has 2 aliphatic heterocycles. The van der Waals surface area contributed by atoms with Gasteiger partial charge >= 0.3 is 5.69 Å². The van der Waals surface area contributed by atoms with Gasteiger partial charge < -0.3 is 19.9 Å². The molecule has 2 aliphatic rings. The van der Waals surface area contributed by atoms with Crippen molar-refractivity contribution in [2.45, 2.75) is 56.7 Å². The van der Waals surface area contributed by atoms with Crippen molar-refractivity contribution in [2.24, 2.45) is 7.05 Å². The number of nitrogens with zero attached hydrogens (tertiary/aromatic N) is 5. The fourth-order valence-electron chi connectivity index (χ4n) is 5.48. The number of aromatic nitrogens is 4. The van der Waals surface area contributed by atoms with Gasteiger partial charge in [-0.15, -0.1) is 10.2 Å². The van der Waals surface area contributed by atoms with E-state index in [9.17, 15) is 9.90 Å². The number of phenolic OH excluding ortho intramolecular Hbond substituents is 1. The molecule has 2 N–H and O–H groups in total. The molecule has 172 valence electrons. The lowest BCUT2D eigenvalue weighted by Gasteiger charge is -2.45. The van der Waals surface area contributed by atoms with Crippen LogP contribution in [0.5, 0.6) is 5.75 Å². The second-order valence-corrected chi connectivity index (χ2v) is 10.1. The fraction of sp³-hybridized carbons (Fsp3) is 0.440. The summed E-state index contributed by atoms with van der Waals surface area (Å²) in [6.45, 7) is 4.64. The van der Waals surface area contributed by atoms with Crippen molar-refractivity contribution in [3.63, 3.8) is 0 Å². The Morgan fingerprint density at radius 1 is 1.06 bits per heavy atom. The Hall–Kier alpha value is -3.26. The summed E-state index contributed by atoms with van der Waals surface area (Å²) in [5.41, 5.74) is 2.39. The van der Waals surface area contributed by atoms with Crippen molar-refractivity contribution in [1.82, 2.24) is 25.1 Å². The first-order valence-corrected chi connectivity index (χ1v) is 11.4. The summed E-state index contributed by atoms with van der Waals surface area (Å²) in [4.78, 5) is 18.1. The minimum Gasteiger partial charge on any atom is -0.507 e. The lowest BCUT2D eigenvalue weighted by molar-refractivity contribution is 0.207. The second-order valence-electron chi connectivity index (χ2n) is 10.1. The van der Waals surface area contributed by atoms with Crippen molar-refractivity contribution in [2.75, 3.05) is 11.9 Å². The minimum atomic E-state index is -0.341. The van der Waals surface area contributed by atoms with Crippen LogP contribution in [-0.2, 0) is 7.05 Å². The predicted octanol–water partition coefficient (Wildman–Crippen LogP) is 3.11. The predicted molar refractivity (Wildman–Crippen MR) is 128 cm³/mol. The maximum Gasteiger partial charge on any atom is 0.347 e. The summed E-state index contributed by atoms with van der Waals surface area (Å²) < 4.78 is 1.40. The molecule has 8 heteroatoms. The molecule has 2 bridgehead atoms. The monoisotopic (exact) mass is 446 g/mol. The molecule has 0 amide bonds. The van der Waals surface area contributed by atoms with E-state index in [1.54, 1.807) is 31.4 Å². The van der Waals surface area contributed by atoms with Gasteiger partial charge in [0.15, 0.2) is 5.82 Å². The number of phenols is 1. The summed E-state index contributed by atoms with van der Waals surface area (Å²) in [5, 5.41) is 23.3. The van der Waals surface area contributed by atoms with Crippen molar-refractivity contribution < 1.29 is 5.11 Å². The van der Waals surface area contributed by atoms with Crippen LogP contribution in [0, 0.1) is 0 Å². The van der Waals surface area contributed by atoms with Crippen LogP contribution in [0.25, 0.3) is 22.5 Å². The highest BCUT2D eigenvalue weighted by Crippen LogP contribution is 2.43. The number of piperidine rings is 1. The van der Waals surface area contributed by atoms with E-state index in [0.717, 1.165) is 18.7 Å². The molecule has 0 radical (unpaired) electrons. The van der Waals surface area contributed by atoms with Gasteiger partial charge in [0.25, 0.3) is 0 Å². The van der Waals surface area contributed by atoms with Crippen LogP contribution in [0.1, 0.15) is 39.5 Å². The largest absolute Gasteiger partial charge is 0.507 e. The van der Waals surface area contributed by atoms with Crippen molar-refractivity contribution in [1.29, 1.82) is 0 Å². The van der Waals surface area contributed by atoms with Crippen LogP contribution in [-0.4, -0.2) is 49.0 Å². The fourth-order valence-corrected chi connectivity index (χ4v) is 5.48. The number of rotatable bonds is 4. The zero-order valence-electron chi connectivity index (χ0n) is 19.5. The van der Waals surface area contributed by atoms with Gasteiger partial charge in [-0.1, -0.05) is 6.07 Å². The Morgan fingerprint density at radius 3 is 2.39 bits per heavy atom. The van der Waals surface area contributed by atoms with Crippen LogP contribution in [0.3, 0.4) is 0 Å². The third-order valence-corrected chi connectivity index (χ3v) is 7.31. The smallest absolute Gasteiger partial charge is 0.347 e. The van der Waals surface area contributed by atoms with E-state index in [1.807, 2.05) is 18.2 Å². The first kappa shape index (κ1) is 21.6. The summed E-state index contributed by atoms with van der Waals surface area (Å²) in [7, 11) is 3.74. The van der Waals surface area contributed by atoms with Gasteiger partial charge in [0.2, 0.25) is 0 Å². The highest BCUT2D eigenvalue weighted by molar-refractivity contribution is 5.73. The van der Waals surface area contributed by atoms with Crippen molar-refractivity contribution in [3.05, 3.63) is 53.1 Å². The Kier molecular flexibility index (Phi) is 5.01.